The maximum atomic E-state index is 13.9. The molecule has 4 nitrogen and oxygen atoms in total. The van der Waals surface area contributed by atoms with E-state index < -0.39 is 36.0 Å². The maximum Gasteiger partial charge on any atom is 0.417 e. The molecule has 0 amide bonds. The van der Waals surface area contributed by atoms with Crippen LogP contribution in [-0.2, 0) is 18.3 Å². The van der Waals surface area contributed by atoms with E-state index in [1.807, 2.05) is 43.3 Å². The number of ketones is 2. The molecule has 3 atom stereocenters. The average Bonchev–Trinajstić information content (AvgIpc) is 3.00. The van der Waals surface area contributed by atoms with Crippen LogP contribution < -0.4 is 0 Å². The third-order valence-corrected chi connectivity index (χ3v) is 8.61. The fourth-order valence-corrected chi connectivity index (χ4v) is 6.42. The van der Waals surface area contributed by atoms with Crippen molar-refractivity contribution in [3.63, 3.8) is 0 Å². The number of alkyl halides is 3. The van der Waals surface area contributed by atoms with Crippen molar-refractivity contribution < 1.29 is 27.9 Å². The van der Waals surface area contributed by atoms with Crippen LogP contribution in [0.3, 0.4) is 0 Å². The fraction of sp³-hybridized carbons (Fsp3) is 0.387. The molecule has 1 N–H and O–H groups in total. The molecule has 0 unspecified atom stereocenters. The number of pyridine rings is 1. The van der Waals surface area contributed by atoms with Crippen molar-refractivity contribution in [2.24, 2.45) is 5.92 Å². The number of fused-ring (bicyclic) bond motifs is 3. The highest BCUT2D eigenvalue weighted by Crippen LogP contribution is 2.56. The van der Waals surface area contributed by atoms with Crippen molar-refractivity contribution >= 4 is 11.6 Å². The van der Waals surface area contributed by atoms with Crippen LogP contribution in [0.5, 0.6) is 0 Å². The molecule has 38 heavy (non-hydrogen) atoms. The van der Waals surface area contributed by atoms with Crippen LogP contribution in [-0.4, -0.2) is 33.4 Å². The quantitative estimate of drug-likeness (QED) is 0.397. The molecular weight excluding hydrogens is 491 g/mol. The van der Waals surface area contributed by atoms with Gasteiger partial charge in [0, 0.05) is 41.3 Å². The van der Waals surface area contributed by atoms with E-state index in [0.29, 0.717) is 23.1 Å². The van der Waals surface area contributed by atoms with Gasteiger partial charge in [0.2, 0.25) is 0 Å². The first kappa shape index (κ1) is 26.3. The van der Waals surface area contributed by atoms with Gasteiger partial charge >= 0.3 is 6.18 Å². The third-order valence-electron chi connectivity index (χ3n) is 8.61. The zero-order valence-electron chi connectivity index (χ0n) is 21.2. The molecule has 1 heterocycles. The Morgan fingerprint density at radius 3 is 2.55 bits per heavy atom. The van der Waals surface area contributed by atoms with E-state index in [2.05, 4.69) is 4.98 Å². The number of benzene rings is 2. The van der Waals surface area contributed by atoms with Crippen LogP contribution in [0.15, 0.2) is 66.9 Å². The minimum atomic E-state index is -4.74. The molecule has 0 spiro atoms. The standard InChI is InChI=1S/C31H30F3NO3/c1-20-22(8-5-15-35-20)17-28(37)23-9-11-26-25(16-23)27(36)12-10-24-19-30(38,31(32,33)34)14-13-29(24,26)18-21-6-3-2-4-7-21/h2-9,11,15-16,24,38H,10,12-14,17-19H2,1H3/t24-,29+,30-/m1/s1. The number of aliphatic hydroxyl groups is 1. The lowest BCUT2D eigenvalue weighted by molar-refractivity contribution is -0.279. The van der Waals surface area contributed by atoms with Crippen molar-refractivity contribution in [1.82, 2.24) is 4.98 Å². The Morgan fingerprint density at radius 2 is 1.84 bits per heavy atom. The second-order valence-electron chi connectivity index (χ2n) is 10.8. The normalized spacial score (nSPS) is 25.3. The molecule has 7 heteroatoms. The summed E-state index contributed by atoms with van der Waals surface area (Å²) in [5, 5.41) is 10.7. The zero-order chi connectivity index (χ0) is 27.1. The summed E-state index contributed by atoms with van der Waals surface area (Å²) in [4.78, 5) is 30.8. The molecule has 5 rings (SSSR count). The van der Waals surface area contributed by atoms with Crippen molar-refractivity contribution in [1.29, 1.82) is 0 Å². The lowest BCUT2D eigenvalue weighted by Crippen LogP contribution is -2.55. The van der Waals surface area contributed by atoms with Crippen LogP contribution in [0.4, 0.5) is 13.2 Å². The van der Waals surface area contributed by atoms with Gasteiger partial charge in [-0.15, -0.1) is 0 Å². The molecule has 1 saturated carbocycles. The Hall–Kier alpha value is -3.32. The molecular formula is C31H30F3NO3. The molecule has 1 aromatic heterocycles. The van der Waals surface area contributed by atoms with Gasteiger partial charge < -0.3 is 5.11 Å². The number of rotatable bonds is 5. The van der Waals surface area contributed by atoms with E-state index in [1.165, 1.54) is 0 Å². The van der Waals surface area contributed by atoms with Crippen LogP contribution in [0, 0.1) is 12.8 Å². The van der Waals surface area contributed by atoms with E-state index in [1.54, 1.807) is 30.5 Å². The van der Waals surface area contributed by atoms with Gasteiger partial charge in [0.05, 0.1) is 0 Å². The summed E-state index contributed by atoms with van der Waals surface area (Å²) < 4.78 is 41.7. The number of carbonyl (C=O) groups is 2. The Balaban J connectivity index is 1.58. The fourth-order valence-electron chi connectivity index (χ4n) is 6.42. The average molecular weight is 522 g/mol. The zero-order valence-corrected chi connectivity index (χ0v) is 21.2. The first-order chi connectivity index (χ1) is 18.0. The van der Waals surface area contributed by atoms with E-state index in [0.717, 1.165) is 16.8 Å². The van der Waals surface area contributed by atoms with Gasteiger partial charge in [-0.2, -0.15) is 13.2 Å². The van der Waals surface area contributed by atoms with E-state index >= 15 is 0 Å². The van der Waals surface area contributed by atoms with Crippen molar-refractivity contribution in [3.8, 4) is 0 Å². The SMILES string of the molecule is Cc1ncccc1CC(=O)c1ccc2c(c1)C(=O)CC[C@@H]1C[C@@](O)(C(F)(F)F)CC[C@@]21Cc1ccccc1. The molecule has 3 aromatic rings. The van der Waals surface area contributed by atoms with E-state index in [9.17, 15) is 27.9 Å². The second kappa shape index (κ2) is 9.77. The number of hydrogen-bond acceptors (Lipinski definition) is 4. The highest BCUT2D eigenvalue weighted by molar-refractivity contribution is 6.03. The predicted molar refractivity (Wildman–Crippen MR) is 137 cm³/mol. The summed E-state index contributed by atoms with van der Waals surface area (Å²) in [6.45, 7) is 1.84. The number of hydrogen-bond donors (Lipinski definition) is 1. The Morgan fingerprint density at radius 1 is 1.08 bits per heavy atom. The largest absolute Gasteiger partial charge is 0.417 e. The minimum absolute atomic E-state index is 0.0709. The Kier molecular flexibility index (Phi) is 6.76. The maximum absolute atomic E-state index is 13.9. The molecule has 2 aromatic carbocycles. The first-order valence-corrected chi connectivity index (χ1v) is 13.0. The second-order valence-corrected chi connectivity index (χ2v) is 10.8. The summed E-state index contributed by atoms with van der Waals surface area (Å²) in [6.07, 6.45) is -2.96. The molecule has 0 radical (unpaired) electrons. The van der Waals surface area contributed by atoms with Crippen molar-refractivity contribution in [2.75, 3.05) is 0 Å². The van der Waals surface area contributed by atoms with Crippen molar-refractivity contribution in [3.05, 3.63) is 100 Å². The lowest BCUT2D eigenvalue weighted by atomic mass is 9.56. The number of Topliss-reactive ketones (excluding diaryl/α,β-unsaturated/α-hetero) is 2. The number of halogens is 3. The summed E-state index contributed by atoms with van der Waals surface area (Å²) in [5.41, 5.74) is 0.486. The lowest BCUT2D eigenvalue weighted by Gasteiger charge is -2.50. The molecule has 0 bridgehead atoms. The Labute approximate surface area is 219 Å². The molecule has 2 aliphatic carbocycles. The highest BCUT2D eigenvalue weighted by Gasteiger charge is 2.61. The summed E-state index contributed by atoms with van der Waals surface area (Å²) in [5.74, 6) is -0.873. The summed E-state index contributed by atoms with van der Waals surface area (Å²) in [7, 11) is 0. The number of aryl methyl sites for hydroxylation is 1. The topological polar surface area (TPSA) is 67.3 Å². The van der Waals surface area contributed by atoms with Gasteiger partial charge in [0.1, 0.15) is 0 Å². The molecule has 198 valence electrons. The molecule has 1 fully saturated rings. The van der Waals surface area contributed by atoms with Gasteiger partial charge in [-0.25, -0.2) is 0 Å². The van der Waals surface area contributed by atoms with Crippen LogP contribution in [0.1, 0.15) is 75.2 Å². The van der Waals surface area contributed by atoms with Crippen molar-refractivity contribution in [2.45, 2.75) is 69.1 Å². The Bertz CT molecular complexity index is 1370. The number of carbonyl (C=O) groups excluding carboxylic acids is 2. The minimum Gasteiger partial charge on any atom is -0.380 e. The predicted octanol–water partition coefficient (Wildman–Crippen LogP) is 6.37. The number of aromatic nitrogens is 1. The third kappa shape index (κ3) is 4.68. The van der Waals surface area contributed by atoms with Gasteiger partial charge in [-0.1, -0.05) is 48.5 Å². The van der Waals surface area contributed by atoms with Gasteiger partial charge in [-0.3, -0.25) is 14.6 Å². The summed E-state index contributed by atoms with van der Waals surface area (Å²) in [6, 6.07) is 18.3. The molecule has 2 aliphatic rings. The smallest absolute Gasteiger partial charge is 0.380 e. The highest BCUT2D eigenvalue weighted by atomic mass is 19.4. The van der Waals surface area contributed by atoms with Gasteiger partial charge in [0.25, 0.3) is 0 Å². The van der Waals surface area contributed by atoms with Gasteiger partial charge in [-0.05, 0) is 73.8 Å². The van der Waals surface area contributed by atoms with Gasteiger partial charge in [0.15, 0.2) is 17.2 Å². The summed E-state index contributed by atoms with van der Waals surface area (Å²) >= 11 is 0. The molecule has 0 aliphatic heterocycles. The monoisotopic (exact) mass is 521 g/mol. The number of nitrogens with zero attached hydrogens (tertiary/aromatic N) is 1. The molecule has 0 saturated heterocycles. The first-order valence-electron chi connectivity index (χ1n) is 13.0. The van der Waals surface area contributed by atoms with Crippen LogP contribution >= 0.6 is 0 Å². The van der Waals surface area contributed by atoms with Crippen LogP contribution in [0.2, 0.25) is 0 Å². The van der Waals surface area contributed by atoms with Crippen LogP contribution in [0.25, 0.3) is 0 Å². The van der Waals surface area contributed by atoms with E-state index in [-0.39, 0.29) is 37.2 Å². The van der Waals surface area contributed by atoms with E-state index in [4.69, 9.17) is 0 Å².